The normalized spacial score (nSPS) is 25.9. The summed E-state index contributed by atoms with van der Waals surface area (Å²) >= 11 is 4.03. The molecule has 4 heteroatoms. The van der Waals surface area contributed by atoms with Gasteiger partial charge >= 0.3 is 0 Å². The maximum atomic E-state index is 11.2. The summed E-state index contributed by atoms with van der Waals surface area (Å²) < 4.78 is 0.497. The van der Waals surface area contributed by atoms with Crippen molar-refractivity contribution in [1.82, 2.24) is 5.06 Å². The Labute approximate surface area is 146 Å². The van der Waals surface area contributed by atoms with Crippen LogP contribution in [0.5, 0.6) is 0 Å². The van der Waals surface area contributed by atoms with E-state index in [2.05, 4.69) is 55.4 Å². The minimum absolute atomic E-state index is 0.0150. The summed E-state index contributed by atoms with van der Waals surface area (Å²) in [6.07, 6.45) is 4.57. The fourth-order valence-corrected chi connectivity index (χ4v) is 6.79. The van der Waals surface area contributed by atoms with Gasteiger partial charge in [-0.3, -0.25) is 0 Å². The van der Waals surface area contributed by atoms with Crippen LogP contribution in [0, 0.1) is 0 Å². The van der Waals surface area contributed by atoms with Gasteiger partial charge in [-0.1, -0.05) is 55.4 Å². The molecule has 2 nitrogen and oxygen atoms in total. The third kappa shape index (κ3) is 3.99. The number of nitrogens with zero attached hydrogens (tertiary/aromatic N) is 1. The predicted octanol–water partition coefficient (Wildman–Crippen LogP) is 5.58. The van der Waals surface area contributed by atoms with Crippen LogP contribution in [0.25, 0.3) is 0 Å². The Kier molecular flexibility index (Phi) is 5.04. The summed E-state index contributed by atoms with van der Waals surface area (Å²) in [7, 11) is 0. The lowest BCUT2D eigenvalue weighted by Gasteiger charge is -2.42. The molecule has 2 unspecified atom stereocenters. The summed E-state index contributed by atoms with van der Waals surface area (Å²) in [5, 5.41) is 13.9. The van der Waals surface area contributed by atoms with E-state index in [0.29, 0.717) is 10.5 Å². The van der Waals surface area contributed by atoms with Crippen LogP contribution >= 0.6 is 23.5 Å². The minimum Gasteiger partial charge on any atom is -0.313 e. The second kappa shape index (κ2) is 5.86. The van der Waals surface area contributed by atoms with Crippen LogP contribution in [-0.4, -0.2) is 41.3 Å². The third-order valence-corrected chi connectivity index (χ3v) is 7.94. The minimum atomic E-state index is 0.0150. The highest BCUT2D eigenvalue weighted by Gasteiger charge is 2.64. The Morgan fingerprint density at radius 3 is 1.23 bits per heavy atom. The number of rotatable bonds is 6. The summed E-state index contributed by atoms with van der Waals surface area (Å²) in [5.41, 5.74) is 0.0301. The van der Waals surface area contributed by atoms with Crippen LogP contribution in [0.2, 0.25) is 0 Å². The highest BCUT2D eigenvalue weighted by Crippen LogP contribution is 2.60. The van der Waals surface area contributed by atoms with Gasteiger partial charge in [-0.2, -0.15) is 28.6 Å². The summed E-state index contributed by atoms with van der Waals surface area (Å²) in [6, 6.07) is 0. The Hall–Kier alpha value is 0.620. The molecule has 0 amide bonds. The SMILES string of the molecule is CC(SC(C)(C)C)C1(N(O)C2(C(C)SC(C)(C)C)CC2)CC1. The molecule has 2 atom stereocenters. The van der Waals surface area contributed by atoms with E-state index < -0.39 is 0 Å². The molecule has 0 heterocycles. The van der Waals surface area contributed by atoms with E-state index >= 15 is 0 Å². The van der Waals surface area contributed by atoms with Gasteiger partial charge < -0.3 is 5.21 Å². The van der Waals surface area contributed by atoms with E-state index in [1.54, 1.807) is 0 Å². The van der Waals surface area contributed by atoms with Crippen LogP contribution in [0.3, 0.4) is 0 Å². The van der Waals surface area contributed by atoms with Gasteiger partial charge in [0.15, 0.2) is 0 Å². The first-order chi connectivity index (χ1) is 9.82. The zero-order chi connectivity index (χ0) is 17.0. The zero-order valence-corrected chi connectivity index (χ0v) is 17.3. The molecule has 2 aliphatic rings. The van der Waals surface area contributed by atoms with Gasteiger partial charge in [-0.05, 0) is 25.7 Å². The molecular formula is C18H35NOS2. The average molecular weight is 346 g/mol. The fraction of sp³-hybridized carbons (Fsp3) is 1.00. The summed E-state index contributed by atoms with van der Waals surface area (Å²) in [6.45, 7) is 18.3. The Morgan fingerprint density at radius 1 is 0.773 bits per heavy atom. The third-order valence-electron chi connectivity index (χ3n) is 4.94. The van der Waals surface area contributed by atoms with E-state index in [1.807, 2.05) is 28.6 Å². The maximum Gasteiger partial charge on any atom is 0.0584 e. The van der Waals surface area contributed by atoms with E-state index in [1.165, 1.54) is 0 Å². The van der Waals surface area contributed by atoms with Gasteiger partial charge in [0.1, 0.15) is 0 Å². The number of hydrogen-bond acceptors (Lipinski definition) is 4. The molecule has 2 saturated carbocycles. The second-order valence-corrected chi connectivity index (χ2v) is 13.6. The molecule has 130 valence electrons. The number of thioether (sulfide) groups is 2. The van der Waals surface area contributed by atoms with Gasteiger partial charge in [0, 0.05) is 20.0 Å². The first-order valence-corrected chi connectivity index (χ1v) is 10.4. The molecule has 0 bridgehead atoms. The van der Waals surface area contributed by atoms with Crippen LogP contribution < -0.4 is 0 Å². The largest absolute Gasteiger partial charge is 0.313 e. The lowest BCUT2D eigenvalue weighted by atomic mass is 10.1. The van der Waals surface area contributed by atoms with Crippen molar-refractivity contribution in [1.29, 1.82) is 0 Å². The topological polar surface area (TPSA) is 23.5 Å². The van der Waals surface area contributed by atoms with E-state index in [0.717, 1.165) is 25.7 Å². The molecule has 22 heavy (non-hydrogen) atoms. The van der Waals surface area contributed by atoms with Crippen molar-refractivity contribution in [2.75, 3.05) is 0 Å². The molecule has 0 aromatic carbocycles. The molecule has 0 saturated heterocycles. The van der Waals surface area contributed by atoms with E-state index in [9.17, 15) is 5.21 Å². The lowest BCUT2D eigenvalue weighted by Crippen LogP contribution is -2.53. The first kappa shape index (κ1) is 19.0. The monoisotopic (exact) mass is 345 g/mol. The van der Waals surface area contributed by atoms with Crippen molar-refractivity contribution in [3.63, 3.8) is 0 Å². The Bertz CT molecular complexity index is 364. The van der Waals surface area contributed by atoms with Crippen molar-refractivity contribution in [2.24, 2.45) is 0 Å². The zero-order valence-electron chi connectivity index (χ0n) is 15.7. The van der Waals surface area contributed by atoms with E-state index in [-0.39, 0.29) is 20.6 Å². The van der Waals surface area contributed by atoms with Crippen LogP contribution in [0.4, 0.5) is 0 Å². The van der Waals surface area contributed by atoms with Crippen LogP contribution in [0.1, 0.15) is 81.1 Å². The molecule has 2 aliphatic carbocycles. The van der Waals surface area contributed by atoms with Gasteiger partial charge in [0.2, 0.25) is 0 Å². The Morgan fingerprint density at radius 2 is 1.05 bits per heavy atom. The second-order valence-electron chi connectivity index (χ2n) is 9.26. The highest BCUT2D eigenvalue weighted by molar-refractivity contribution is 8.01. The maximum absolute atomic E-state index is 11.2. The molecule has 2 fully saturated rings. The van der Waals surface area contributed by atoms with Gasteiger partial charge in [-0.25, -0.2) is 0 Å². The highest BCUT2D eigenvalue weighted by atomic mass is 32.2. The predicted molar refractivity (Wildman–Crippen MR) is 101 cm³/mol. The van der Waals surface area contributed by atoms with Crippen molar-refractivity contribution >= 4 is 23.5 Å². The van der Waals surface area contributed by atoms with Crippen molar-refractivity contribution < 1.29 is 5.21 Å². The average Bonchev–Trinajstić information content (AvgIpc) is 3.19. The van der Waals surface area contributed by atoms with Crippen molar-refractivity contribution in [3.05, 3.63) is 0 Å². The van der Waals surface area contributed by atoms with Gasteiger partial charge in [-0.15, -0.1) is 0 Å². The Balaban J connectivity index is 2.09. The fourth-order valence-electron chi connectivity index (χ4n) is 3.56. The van der Waals surface area contributed by atoms with Gasteiger partial charge in [0.25, 0.3) is 0 Å². The van der Waals surface area contributed by atoms with Crippen LogP contribution in [-0.2, 0) is 0 Å². The molecule has 0 radical (unpaired) electrons. The summed E-state index contributed by atoms with van der Waals surface area (Å²) in [5.74, 6) is 0. The molecule has 0 aromatic heterocycles. The van der Waals surface area contributed by atoms with E-state index in [4.69, 9.17) is 0 Å². The van der Waals surface area contributed by atoms with Crippen molar-refractivity contribution in [3.8, 4) is 0 Å². The van der Waals surface area contributed by atoms with Crippen LogP contribution in [0.15, 0.2) is 0 Å². The molecule has 1 N–H and O–H groups in total. The molecule has 0 aromatic rings. The quantitative estimate of drug-likeness (QED) is 0.634. The smallest absolute Gasteiger partial charge is 0.0584 e. The first-order valence-electron chi connectivity index (χ1n) is 8.67. The van der Waals surface area contributed by atoms with Gasteiger partial charge in [0.05, 0.1) is 11.1 Å². The molecular weight excluding hydrogens is 310 g/mol. The number of hydrogen-bond donors (Lipinski definition) is 1. The lowest BCUT2D eigenvalue weighted by molar-refractivity contribution is -0.180. The molecule has 0 spiro atoms. The summed E-state index contributed by atoms with van der Waals surface area (Å²) in [4.78, 5) is 0. The standard InChI is InChI=1S/C18H35NOS2/c1-13(21-15(3,4)5)17(9-10-17)19(20)18(11-12-18)14(2)22-16(6,7)8/h13-14,20H,9-12H2,1-8H3. The molecule has 2 rings (SSSR count). The molecule has 0 aliphatic heterocycles. The van der Waals surface area contributed by atoms with Crippen molar-refractivity contribution in [2.45, 2.75) is 112 Å². The number of hydroxylamine groups is 2.